The molecule has 2 aromatic rings. The second kappa shape index (κ2) is 4.80. The van der Waals surface area contributed by atoms with E-state index in [2.05, 4.69) is 26.2 Å². The fraction of sp³-hybridized carbons (Fsp3) is 0.100. The van der Waals surface area contributed by atoms with Gasteiger partial charge < -0.3 is 11.1 Å². The highest BCUT2D eigenvalue weighted by Crippen LogP contribution is 2.26. The Kier molecular flexibility index (Phi) is 3.40. The molecule has 0 fully saturated rings. The maximum Gasteiger partial charge on any atom is 0.139 e. The SMILES string of the molecule is Nc1cc(Br)c(F)cc1NCc1cncs1. The van der Waals surface area contributed by atoms with E-state index in [-0.39, 0.29) is 5.82 Å². The first-order chi connectivity index (χ1) is 7.66. The average molecular weight is 302 g/mol. The number of thiazole rings is 1. The largest absolute Gasteiger partial charge is 0.397 e. The van der Waals surface area contributed by atoms with Crippen LogP contribution < -0.4 is 11.1 Å². The molecule has 3 N–H and O–H groups in total. The Hall–Kier alpha value is -1.14. The first-order valence-corrected chi connectivity index (χ1v) is 6.20. The molecule has 1 heterocycles. The van der Waals surface area contributed by atoms with Crippen molar-refractivity contribution in [2.45, 2.75) is 6.54 Å². The molecule has 0 aliphatic rings. The van der Waals surface area contributed by atoms with E-state index in [0.717, 1.165) is 4.88 Å². The Morgan fingerprint density at radius 1 is 1.50 bits per heavy atom. The predicted molar refractivity (Wildman–Crippen MR) is 68.0 cm³/mol. The van der Waals surface area contributed by atoms with Crippen molar-refractivity contribution in [3.63, 3.8) is 0 Å². The van der Waals surface area contributed by atoms with E-state index in [0.29, 0.717) is 22.4 Å². The number of anilines is 2. The number of rotatable bonds is 3. The summed E-state index contributed by atoms with van der Waals surface area (Å²) >= 11 is 4.62. The number of benzene rings is 1. The van der Waals surface area contributed by atoms with Crippen LogP contribution in [0.25, 0.3) is 0 Å². The van der Waals surface area contributed by atoms with Crippen LogP contribution >= 0.6 is 27.3 Å². The molecule has 3 nitrogen and oxygen atoms in total. The van der Waals surface area contributed by atoms with Crippen molar-refractivity contribution in [3.8, 4) is 0 Å². The van der Waals surface area contributed by atoms with Crippen molar-refractivity contribution >= 4 is 38.6 Å². The van der Waals surface area contributed by atoms with Gasteiger partial charge in [0.1, 0.15) is 5.82 Å². The number of aromatic nitrogens is 1. The molecule has 1 aromatic heterocycles. The lowest BCUT2D eigenvalue weighted by molar-refractivity contribution is 0.622. The standard InChI is InChI=1S/C10H9BrFN3S/c11-7-1-9(13)10(2-8(7)12)15-4-6-3-14-5-16-6/h1-3,5,15H,4,13H2. The molecule has 0 bridgehead atoms. The molecule has 0 atom stereocenters. The molecule has 0 saturated heterocycles. The van der Waals surface area contributed by atoms with Crippen LogP contribution in [0.5, 0.6) is 0 Å². The maximum atomic E-state index is 13.3. The summed E-state index contributed by atoms with van der Waals surface area (Å²) < 4.78 is 13.6. The summed E-state index contributed by atoms with van der Waals surface area (Å²) in [6.45, 7) is 0.593. The second-order valence-corrected chi connectivity index (χ2v) is 5.00. The van der Waals surface area contributed by atoms with Gasteiger partial charge in [0.15, 0.2) is 0 Å². The Bertz CT molecular complexity index is 487. The van der Waals surface area contributed by atoms with Crippen molar-refractivity contribution in [1.82, 2.24) is 4.98 Å². The van der Waals surface area contributed by atoms with Crippen LogP contribution in [0.1, 0.15) is 4.88 Å². The van der Waals surface area contributed by atoms with Gasteiger partial charge in [-0.1, -0.05) is 0 Å². The first kappa shape index (κ1) is 11.3. The topological polar surface area (TPSA) is 50.9 Å². The van der Waals surface area contributed by atoms with Crippen molar-refractivity contribution in [1.29, 1.82) is 0 Å². The number of hydrogen-bond donors (Lipinski definition) is 2. The van der Waals surface area contributed by atoms with Gasteiger partial charge in [-0.3, -0.25) is 4.98 Å². The van der Waals surface area contributed by atoms with Crippen LogP contribution in [0.15, 0.2) is 28.3 Å². The minimum Gasteiger partial charge on any atom is -0.397 e. The third-order valence-corrected chi connectivity index (χ3v) is 3.42. The predicted octanol–water partition coefficient (Wildman–Crippen LogP) is 3.24. The first-order valence-electron chi connectivity index (χ1n) is 4.52. The van der Waals surface area contributed by atoms with Gasteiger partial charge >= 0.3 is 0 Å². The highest BCUT2D eigenvalue weighted by atomic mass is 79.9. The molecule has 0 aliphatic heterocycles. The lowest BCUT2D eigenvalue weighted by Crippen LogP contribution is -2.02. The molecule has 0 aliphatic carbocycles. The van der Waals surface area contributed by atoms with E-state index in [1.807, 2.05) is 0 Å². The van der Waals surface area contributed by atoms with E-state index in [4.69, 9.17) is 5.73 Å². The summed E-state index contributed by atoms with van der Waals surface area (Å²) in [5.41, 5.74) is 8.61. The Morgan fingerprint density at radius 2 is 2.31 bits per heavy atom. The van der Waals surface area contributed by atoms with E-state index in [9.17, 15) is 4.39 Å². The molecular formula is C10H9BrFN3S. The van der Waals surface area contributed by atoms with E-state index >= 15 is 0 Å². The summed E-state index contributed by atoms with van der Waals surface area (Å²) in [6, 6.07) is 2.92. The van der Waals surface area contributed by atoms with Crippen molar-refractivity contribution < 1.29 is 4.39 Å². The van der Waals surface area contributed by atoms with Crippen molar-refractivity contribution in [2.75, 3.05) is 11.1 Å². The number of nitrogens with one attached hydrogen (secondary N) is 1. The molecule has 0 unspecified atom stereocenters. The zero-order valence-electron chi connectivity index (χ0n) is 8.21. The smallest absolute Gasteiger partial charge is 0.139 e. The lowest BCUT2D eigenvalue weighted by atomic mass is 10.2. The van der Waals surface area contributed by atoms with Crippen LogP contribution in [0.4, 0.5) is 15.8 Å². The molecule has 0 saturated carbocycles. The Labute approximate surface area is 105 Å². The maximum absolute atomic E-state index is 13.3. The summed E-state index contributed by atoms with van der Waals surface area (Å²) in [4.78, 5) is 5.03. The van der Waals surface area contributed by atoms with Gasteiger partial charge in [0.25, 0.3) is 0 Å². The molecule has 16 heavy (non-hydrogen) atoms. The van der Waals surface area contributed by atoms with Gasteiger partial charge in [-0.15, -0.1) is 11.3 Å². The van der Waals surface area contributed by atoms with Gasteiger partial charge in [0, 0.05) is 17.1 Å². The van der Waals surface area contributed by atoms with Crippen LogP contribution in [0.2, 0.25) is 0 Å². The number of halogens is 2. The fourth-order valence-corrected chi connectivity index (χ4v) is 2.12. The molecule has 0 spiro atoms. The molecule has 0 amide bonds. The normalized spacial score (nSPS) is 10.4. The molecule has 84 valence electrons. The highest BCUT2D eigenvalue weighted by Gasteiger charge is 2.05. The van der Waals surface area contributed by atoms with Crippen LogP contribution in [-0.2, 0) is 6.54 Å². The number of nitrogens with two attached hydrogens (primary N) is 1. The molecule has 0 radical (unpaired) electrons. The third-order valence-electron chi connectivity index (χ3n) is 2.03. The van der Waals surface area contributed by atoms with Crippen molar-refractivity contribution in [3.05, 3.63) is 39.0 Å². The highest BCUT2D eigenvalue weighted by molar-refractivity contribution is 9.10. The zero-order valence-corrected chi connectivity index (χ0v) is 10.6. The quantitative estimate of drug-likeness (QED) is 0.856. The average Bonchev–Trinajstić information content (AvgIpc) is 2.74. The van der Waals surface area contributed by atoms with Crippen LogP contribution in [-0.4, -0.2) is 4.98 Å². The monoisotopic (exact) mass is 301 g/mol. The summed E-state index contributed by atoms with van der Waals surface area (Å²) in [5, 5.41) is 3.07. The lowest BCUT2D eigenvalue weighted by Gasteiger charge is -2.09. The Morgan fingerprint density at radius 3 is 3.00 bits per heavy atom. The van der Waals surface area contributed by atoms with E-state index in [1.165, 1.54) is 17.4 Å². The molecule has 1 aromatic carbocycles. The number of nitrogen functional groups attached to an aromatic ring is 1. The number of nitrogens with zero attached hydrogens (tertiary/aromatic N) is 1. The fourth-order valence-electron chi connectivity index (χ4n) is 1.23. The summed E-state index contributed by atoms with van der Waals surface area (Å²) in [5.74, 6) is -0.332. The van der Waals surface area contributed by atoms with Crippen LogP contribution in [0.3, 0.4) is 0 Å². The summed E-state index contributed by atoms with van der Waals surface area (Å²) in [7, 11) is 0. The van der Waals surface area contributed by atoms with Crippen molar-refractivity contribution in [2.24, 2.45) is 0 Å². The molecule has 2 rings (SSSR count). The minimum atomic E-state index is -0.332. The Balaban J connectivity index is 2.12. The van der Waals surface area contributed by atoms with Gasteiger partial charge in [0.2, 0.25) is 0 Å². The van der Waals surface area contributed by atoms with Gasteiger partial charge in [-0.05, 0) is 22.0 Å². The minimum absolute atomic E-state index is 0.332. The van der Waals surface area contributed by atoms with Gasteiger partial charge in [0.05, 0.1) is 27.9 Å². The molecule has 6 heteroatoms. The summed E-state index contributed by atoms with van der Waals surface area (Å²) in [6.07, 6.45) is 1.77. The van der Waals surface area contributed by atoms with Gasteiger partial charge in [-0.25, -0.2) is 4.39 Å². The number of hydrogen-bond acceptors (Lipinski definition) is 4. The van der Waals surface area contributed by atoms with E-state index < -0.39 is 0 Å². The van der Waals surface area contributed by atoms with Crippen LogP contribution in [0, 0.1) is 5.82 Å². The molecular weight excluding hydrogens is 293 g/mol. The van der Waals surface area contributed by atoms with E-state index in [1.54, 1.807) is 17.8 Å². The second-order valence-electron chi connectivity index (χ2n) is 3.17. The third kappa shape index (κ3) is 2.51. The zero-order chi connectivity index (χ0) is 11.5. The van der Waals surface area contributed by atoms with Gasteiger partial charge in [-0.2, -0.15) is 0 Å².